The second-order valence-corrected chi connectivity index (χ2v) is 5.05. The first-order valence-electron chi connectivity index (χ1n) is 7.58. The molecule has 3 rings (SSSR count). The number of pyridine rings is 1. The highest BCUT2D eigenvalue weighted by Gasteiger charge is 2.18. The van der Waals surface area contributed by atoms with Crippen LogP contribution in [0.4, 0.5) is 0 Å². The van der Waals surface area contributed by atoms with Crippen LogP contribution in [0.15, 0.2) is 36.5 Å². The van der Waals surface area contributed by atoms with Gasteiger partial charge in [-0.15, -0.1) is 0 Å². The Hall–Kier alpha value is -1.63. The summed E-state index contributed by atoms with van der Waals surface area (Å²) in [7, 11) is 2.05. The average molecular weight is 240 g/mol. The summed E-state index contributed by atoms with van der Waals surface area (Å²) in [6, 6.07) is 10.3. The third kappa shape index (κ3) is 1.94. The summed E-state index contributed by atoms with van der Waals surface area (Å²) in [6.45, 7) is 2.10. The Balaban J connectivity index is 2.21. The zero-order valence-corrected chi connectivity index (χ0v) is 11.0. The highest BCUT2D eigenvalue weighted by atomic mass is 14.9. The fraction of sp³-hybridized carbons (Fsp3) is 0.353. The molecule has 1 heterocycles. The molecule has 18 heavy (non-hydrogen) atoms. The molecule has 0 saturated carbocycles. The second-order valence-electron chi connectivity index (χ2n) is 5.05. The van der Waals surface area contributed by atoms with Gasteiger partial charge in [-0.1, -0.05) is 18.2 Å². The van der Waals surface area contributed by atoms with E-state index in [0.29, 0.717) is 6.42 Å². The smallest absolute Gasteiger partial charge is 0.201 e. The molecule has 0 spiro atoms. The molecule has 0 bridgehead atoms. The molecule has 1 aliphatic carbocycles. The topological polar surface area (TPSA) is 3.88 Å². The van der Waals surface area contributed by atoms with Crippen molar-refractivity contribution in [3.8, 4) is 11.3 Å². The van der Waals surface area contributed by atoms with Gasteiger partial charge in [-0.25, -0.2) is 4.57 Å². The van der Waals surface area contributed by atoms with E-state index in [9.17, 15) is 0 Å². The molecule has 92 valence electrons. The van der Waals surface area contributed by atoms with Crippen molar-refractivity contribution in [1.29, 1.82) is 0 Å². The Labute approximate surface area is 112 Å². The van der Waals surface area contributed by atoms with Crippen molar-refractivity contribution < 1.29 is 7.31 Å². The molecule has 0 fully saturated rings. The number of hydrogen-bond acceptors (Lipinski definition) is 0. The van der Waals surface area contributed by atoms with Crippen LogP contribution in [0.5, 0.6) is 0 Å². The highest BCUT2D eigenvalue weighted by Crippen LogP contribution is 2.25. The number of aryl methyl sites for hydroxylation is 4. The van der Waals surface area contributed by atoms with Crippen LogP contribution in [0, 0.1) is 6.92 Å². The van der Waals surface area contributed by atoms with Crippen LogP contribution >= 0.6 is 0 Å². The van der Waals surface area contributed by atoms with Gasteiger partial charge >= 0.3 is 0 Å². The van der Waals surface area contributed by atoms with Gasteiger partial charge in [0.25, 0.3) is 0 Å². The van der Waals surface area contributed by atoms with Crippen molar-refractivity contribution in [1.82, 2.24) is 0 Å². The monoisotopic (exact) mass is 240 g/mol. The van der Waals surface area contributed by atoms with E-state index in [1.54, 1.807) is 0 Å². The van der Waals surface area contributed by atoms with Crippen LogP contribution in [0.2, 0.25) is 0 Å². The molecule has 0 radical (unpaired) electrons. The van der Waals surface area contributed by atoms with Gasteiger partial charge < -0.3 is 0 Å². The van der Waals surface area contributed by atoms with E-state index in [1.807, 2.05) is 19.2 Å². The maximum absolute atomic E-state index is 8.25. The molecule has 0 unspecified atom stereocenters. The SMILES string of the molecule is [2H]C1([2H])CCCc2c[n+](C)c(-c3ccccc3C)cc21. The lowest BCUT2D eigenvalue weighted by Gasteiger charge is -2.15. The quantitative estimate of drug-likeness (QED) is 0.673. The largest absolute Gasteiger partial charge is 0.212 e. The van der Waals surface area contributed by atoms with E-state index in [0.717, 1.165) is 29.7 Å². The van der Waals surface area contributed by atoms with Crippen LogP contribution in [0.1, 0.15) is 32.3 Å². The molecule has 0 amide bonds. The third-order valence-corrected chi connectivity index (χ3v) is 3.72. The highest BCUT2D eigenvalue weighted by molar-refractivity contribution is 5.61. The maximum Gasteiger partial charge on any atom is 0.212 e. The van der Waals surface area contributed by atoms with Crippen LogP contribution in [-0.4, -0.2) is 0 Å². The zero-order valence-electron chi connectivity index (χ0n) is 13.0. The predicted molar refractivity (Wildman–Crippen MR) is 74.4 cm³/mol. The van der Waals surface area contributed by atoms with Gasteiger partial charge in [0.05, 0.1) is 0 Å². The lowest BCUT2D eigenvalue weighted by molar-refractivity contribution is -0.660. The van der Waals surface area contributed by atoms with E-state index in [4.69, 9.17) is 2.74 Å². The first kappa shape index (κ1) is 9.32. The molecule has 0 saturated heterocycles. The van der Waals surface area contributed by atoms with Crippen LogP contribution in [0.3, 0.4) is 0 Å². The number of rotatable bonds is 1. The Morgan fingerprint density at radius 1 is 1.17 bits per heavy atom. The molecule has 1 aromatic carbocycles. The number of fused-ring (bicyclic) bond motifs is 1. The first-order valence-corrected chi connectivity index (χ1v) is 6.58. The first-order chi connectivity index (χ1) is 9.49. The second kappa shape index (κ2) is 4.56. The summed E-state index contributed by atoms with van der Waals surface area (Å²) in [5.41, 5.74) is 5.52. The van der Waals surface area contributed by atoms with Crippen molar-refractivity contribution in [2.75, 3.05) is 0 Å². The summed E-state index contributed by atoms with van der Waals surface area (Å²) in [5.74, 6) is 0. The lowest BCUT2D eigenvalue weighted by atomic mass is 9.91. The minimum Gasteiger partial charge on any atom is -0.201 e. The van der Waals surface area contributed by atoms with E-state index in [2.05, 4.69) is 35.9 Å². The van der Waals surface area contributed by atoms with E-state index in [-0.39, 0.29) is 0 Å². The van der Waals surface area contributed by atoms with Gasteiger partial charge in [-0.3, -0.25) is 0 Å². The summed E-state index contributed by atoms with van der Waals surface area (Å²) < 4.78 is 18.6. The van der Waals surface area contributed by atoms with Crippen molar-refractivity contribution in [3.63, 3.8) is 0 Å². The number of nitrogens with zero attached hydrogens (tertiary/aromatic N) is 1. The summed E-state index contributed by atoms with van der Waals surface area (Å²) in [4.78, 5) is 0. The van der Waals surface area contributed by atoms with E-state index in [1.165, 1.54) is 11.1 Å². The number of aromatic nitrogens is 1. The molecule has 0 atom stereocenters. The Morgan fingerprint density at radius 3 is 2.83 bits per heavy atom. The fourth-order valence-corrected chi connectivity index (χ4v) is 2.70. The summed E-state index contributed by atoms with van der Waals surface area (Å²) in [6.07, 6.45) is 3.45. The minimum atomic E-state index is -1.20. The molecule has 1 heteroatoms. The number of hydrogen-bond donors (Lipinski definition) is 0. The van der Waals surface area contributed by atoms with Crippen LogP contribution < -0.4 is 4.57 Å². The normalized spacial score (nSPS) is 18.8. The van der Waals surface area contributed by atoms with Crippen molar-refractivity contribution in [2.45, 2.75) is 32.6 Å². The van der Waals surface area contributed by atoms with E-state index < -0.39 is 6.37 Å². The molecular formula is C17H20N+. The maximum atomic E-state index is 8.25. The van der Waals surface area contributed by atoms with Gasteiger partial charge in [0.15, 0.2) is 6.20 Å². The van der Waals surface area contributed by atoms with Gasteiger partial charge in [0.1, 0.15) is 7.05 Å². The van der Waals surface area contributed by atoms with Crippen LogP contribution in [0.25, 0.3) is 11.3 Å². The standard InChI is InChI=1S/C17H20N/c1-13-7-3-6-10-16(13)17-11-14-8-4-5-9-15(14)12-18(17)2/h3,6-7,10-12H,4-5,8-9H2,1-2H3/q+1/i8D2. The van der Waals surface area contributed by atoms with Gasteiger partial charge in [0.2, 0.25) is 5.69 Å². The summed E-state index contributed by atoms with van der Waals surface area (Å²) >= 11 is 0. The molecule has 1 aromatic heterocycles. The Bertz CT molecular complexity index is 662. The predicted octanol–water partition coefficient (Wildman–Crippen LogP) is 3.37. The molecule has 1 aliphatic rings. The van der Waals surface area contributed by atoms with E-state index >= 15 is 0 Å². The molecular weight excluding hydrogens is 218 g/mol. The Morgan fingerprint density at radius 2 is 2.00 bits per heavy atom. The average Bonchev–Trinajstić information content (AvgIpc) is 2.39. The van der Waals surface area contributed by atoms with Gasteiger partial charge in [-0.05, 0) is 49.8 Å². The van der Waals surface area contributed by atoms with Crippen molar-refractivity contribution in [3.05, 3.63) is 53.2 Å². The molecule has 0 aliphatic heterocycles. The zero-order chi connectivity index (χ0) is 14.3. The Kier molecular flexibility index (Phi) is 2.36. The van der Waals surface area contributed by atoms with Gasteiger partial charge in [0, 0.05) is 19.9 Å². The molecule has 1 nitrogen and oxygen atoms in total. The number of benzene rings is 1. The fourth-order valence-electron chi connectivity index (χ4n) is 2.70. The van der Waals surface area contributed by atoms with Crippen molar-refractivity contribution >= 4 is 0 Å². The molecule has 0 N–H and O–H groups in total. The lowest BCUT2D eigenvalue weighted by Crippen LogP contribution is -2.32. The molecule has 2 aromatic rings. The van der Waals surface area contributed by atoms with Gasteiger partial charge in [-0.2, -0.15) is 0 Å². The summed E-state index contributed by atoms with van der Waals surface area (Å²) in [5, 5.41) is 0. The third-order valence-electron chi connectivity index (χ3n) is 3.72. The minimum absolute atomic E-state index is 0.626. The van der Waals surface area contributed by atoms with Crippen molar-refractivity contribution in [2.24, 2.45) is 7.05 Å². The van der Waals surface area contributed by atoms with Crippen LogP contribution in [-0.2, 0) is 19.8 Å².